The van der Waals surface area contributed by atoms with Crippen molar-refractivity contribution in [1.29, 1.82) is 0 Å². The summed E-state index contributed by atoms with van der Waals surface area (Å²) in [4.78, 5) is 19.2. The molecule has 0 atom stereocenters. The Bertz CT molecular complexity index is 943. The number of carbonyl (C=O) groups excluding carboxylic acids is 1. The van der Waals surface area contributed by atoms with Crippen LogP contribution in [-0.2, 0) is 19.6 Å². The van der Waals surface area contributed by atoms with E-state index in [-0.39, 0.29) is 5.91 Å². The first-order chi connectivity index (χ1) is 12.7. The van der Waals surface area contributed by atoms with E-state index in [1.54, 1.807) is 12.3 Å². The minimum absolute atomic E-state index is 0.0269. The van der Waals surface area contributed by atoms with Crippen LogP contribution >= 0.6 is 11.6 Å². The van der Waals surface area contributed by atoms with E-state index < -0.39 is 0 Å². The number of amides is 1. The van der Waals surface area contributed by atoms with Gasteiger partial charge in [-0.25, -0.2) is 4.98 Å². The first-order valence-electron chi connectivity index (χ1n) is 8.50. The summed E-state index contributed by atoms with van der Waals surface area (Å²) >= 11 is 6.07. The lowest BCUT2D eigenvalue weighted by Gasteiger charge is -2.18. The molecule has 2 heterocycles. The van der Waals surface area contributed by atoms with E-state index in [4.69, 9.17) is 11.6 Å². The molecule has 4 rings (SSSR count). The molecule has 26 heavy (non-hydrogen) atoms. The Morgan fingerprint density at radius 2 is 1.85 bits per heavy atom. The van der Waals surface area contributed by atoms with Gasteiger partial charge in [-0.15, -0.1) is 0 Å². The molecule has 0 unspecified atom stereocenters. The molecule has 1 aliphatic heterocycles. The van der Waals surface area contributed by atoms with Gasteiger partial charge in [-0.1, -0.05) is 48.0 Å². The van der Waals surface area contributed by atoms with Crippen LogP contribution in [0.4, 0.5) is 5.82 Å². The van der Waals surface area contributed by atoms with Crippen molar-refractivity contribution in [3.8, 4) is 0 Å². The Labute approximate surface area is 157 Å². The largest absolute Gasteiger partial charge is 0.365 e. The fourth-order valence-electron chi connectivity index (χ4n) is 3.18. The monoisotopic (exact) mass is 363 g/mol. The first-order valence-corrected chi connectivity index (χ1v) is 8.88. The molecule has 1 aliphatic rings. The molecule has 1 amide bonds. The van der Waals surface area contributed by atoms with Crippen molar-refractivity contribution in [3.05, 3.63) is 94.1 Å². The van der Waals surface area contributed by atoms with Crippen LogP contribution in [0.5, 0.6) is 0 Å². The average Bonchev–Trinajstić information content (AvgIpc) is 3.10. The van der Waals surface area contributed by atoms with Crippen molar-refractivity contribution in [2.45, 2.75) is 19.6 Å². The normalized spacial score (nSPS) is 12.7. The van der Waals surface area contributed by atoms with Gasteiger partial charge in [0.25, 0.3) is 5.91 Å². The van der Waals surface area contributed by atoms with Gasteiger partial charge >= 0.3 is 0 Å². The Balaban J connectivity index is 1.52. The smallest absolute Gasteiger partial charge is 0.258 e. The SMILES string of the molecule is O=C(c1cccnc1NCc1ccccc1)N1Cc2ccc(Cl)cc2C1. The van der Waals surface area contributed by atoms with Crippen LogP contribution in [0.25, 0.3) is 0 Å². The zero-order chi connectivity index (χ0) is 17.9. The summed E-state index contributed by atoms with van der Waals surface area (Å²) in [6.45, 7) is 1.79. The number of halogens is 1. The minimum atomic E-state index is -0.0269. The van der Waals surface area contributed by atoms with E-state index in [1.807, 2.05) is 59.5 Å². The van der Waals surface area contributed by atoms with Crippen molar-refractivity contribution in [1.82, 2.24) is 9.88 Å². The second-order valence-electron chi connectivity index (χ2n) is 6.31. The van der Waals surface area contributed by atoms with Gasteiger partial charge in [0.05, 0.1) is 5.56 Å². The zero-order valence-electron chi connectivity index (χ0n) is 14.2. The van der Waals surface area contributed by atoms with E-state index in [1.165, 1.54) is 0 Å². The molecule has 3 aromatic rings. The number of aromatic nitrogens is 1. The van der Waals surface area contributed by atoms with Gasteiger partial charge in [0.15, 0.2) is 0 Å². The number of nitrogens with one attached hydrogen (secondary N) is 1. The molecule has 0 saturated carbocycles. The topological polar surface area (TPSA) is 45.2 Å². The Hall–Kier alpha value is -2.85. The predicted molar refractivity (Wildman–Crippen MR) is 103 cm³/mol. The van der Waals surface area contributed by atoms with Crippen molar-refractivity contribution in [2.24, 2.45) is 0 Å². The maximum Gasteiger partial charge on any atom is 0.258 e. The van der Waals surface area contributed by atoms with Gasteiger partial charge in [0, 0.05) is 30.9 Å². The molecule has 0 aliphatic carbocycles. The Morgan fingerprint density at radius 3 is 2.69 bits per heavy atom. The number of carbonyl (C=O) groups is 1. The van der Waals surface area contributed by atoms with Crippen LogP contribution in [0.15, 0.2) is 66.9 Å². The highest BCUT2D eigenvalue weighted by Gasteiger charge is 2.26. The van der Waals surface area contributed by atoms with Gasteiger partial charge in [-0.3, -0.25) is 4.79 Å². The Morgan fingerprint density at radius 1 is 1.04 bits per heavy atom. The number of hydrogen-bond donors (Lipinski definition) is 1. The van der Waals surface area contributed by atoms with E-state index in [0.29, 0.717) is 36.0 Å². The molecule has 0 bridgehead atoms. The van der Waals surface area contributed by atoms with E-state index in [0.717, 1.165) is 16.7 Å². The summed E-state index contributed by atoms with van der Waals surface area (Å²) in [5.41, 5.74) is 3.97. The van der Waals surface area contributed by atoms with Crippen molar-refractivity contribution < 1.29 is 4.79 Å². The highest BCUT2D eigenvalue weighted by atomic mass is 35.5. The van der Waals surface area contributed by atoms with Crippen molar-refractivity contribution in [2.75, 3.05) is 5.32 Å². The highest BCUT2D eigenvalue weighted by molar-refractivity contribution is 6.30. The number of anilines is 1. The van der Waals surface area contributed by atoms with E-state index >= 15 is 0 Å². The first kappa shape index (κ1) is 16.6. The summed E-state index contributed by atoms with van der Waals surface area (Å²) < 4.78 is 0. The van der Waals surface area contributed by atoms with Gasteiger partial charge in [0.2, 0.25) is 0 Å². The number of hydrogen-bond acceptors (Lipinski definition) is 3. The van der Waals surface area contributed by atoms with Crippen LogP contribution in [-0.4, -0.2) is 15.8 Å². The number of nitrogens with zero attached hydrogens (tertiary/aromatic N) is 2. The van der Waals surface area contributed by atoms with Gasteiger partial charge in [0.1, 0.15) is 5.82 Å². The molecule has 1 N–H and O–H groups in total. The number of rotatable bonds is 4. The van der Waals surface area contributed by atoms with Crippen LogP contribution in [0.3, 0.4) is 0 Å². The molecule has 5 heteroatoms. The lowest BCUT2D eigenvalue weighted by molar-refractivity contribution is 0.0752. The quantitative estimate of drug-likeness (QED) is 0.742. The third-order valence-corrected chi connectivity index (χ3v) is 4.75. The molecule has 0 radical (unpaired) electrons. The number of benzene rings is 2. The number of fused-ring (bicyclic) bond motifs is 1. The van der Waals surface area contributed by atoms with E-state index in [9.17, 15) is 4.79 Å². The summed E-state index contributed by atoms with van der Waals surface area (Å²) in [7, 11) is 0. The predicted octanol–water partition coefficient (Wildman–Crippen LogP) is 4.50. The van der Waals surface area contributed by atoms with Crippen LogP contribution in [0.1, 0.15) is 27.0 Å². The number of pyridine rings is 1. The summed E-state index contributed by atoms with van der Waals surface area (Å²) in [5, 5.41) is 3.98. The van der Waals surface area contributed by atoms with Crippen molar-refractivity contribution >= 4 is 23.3 Å². The van der Waals surface area contributed by atoms with Gasteiger partial charge in [-0.2, -0.15) is 0 Å². The van der Waals surface area contributed by atoms with Gasteiger partial charge < -0.3 is 10.2 Å². The molecule has 0 spiro atoms. The zero-order valence-corrected chi connectivity index (χ0v) is 14.9. The van der Waals surface area contributed by atoms with Crippen LogP contribution in [0.2, 0.25) is 5.02 Å². The molecule has 1 aromatic heterocycles. The third-order valence-electron chi connectivity index (χ3n) is 4.52. The average molecular weight is 364 g/mol. The third kappa shape index (κ3) is 3.41. The fraction of sp³-hybridized carbons (Fsp3) is 0.143. The summed E-state index contributed by atoms with van der Waals surface area (Å²) in [6.07, 6.45) is 1.70. The highest BCUT2D eigenvalue weighted by Crippen LogP contribution is 2.28. The molecule has 0 fully saturated rings. The lowest BCUT2D eigenvalue weighted by atomic mass is 10.1. The fourth-order valence-corrected chi connectivity index (χ4v) is 3.37. The Kier molecular flexibility index (Phi) is 4.59. The minimum Gasteiger partial charge on any atom is -0.365 e. The maximum absolute atomic E-state index is 13.0. The van der Waals surface area contributed by atoms with Crippen LogP contribution in [0, 0.1) is 0 Å². The van der Waals surface area contributed by atoms with Gasteiger partial charge in [-0.05, 0) is 41.0 Å². The molecule has 4 nitrogen and oxygen atoms in total. The van der Waals surface area contributed by atoms with E-state index in [2.05, 4.69) is 10.3 Å². The summed E-state index contributed by atoms with van der Waals surface area (Å²) in [5.74, 6) is 0.580. The standard InChI is InChI=1S/C21H18ClN3O/c22-18-9-8-16-13-25(14-17(16)11-18)21(26)19-7-4-10-23-20(19)24-12-15-5-2-1-3-6-15/h1-11H,12-14H2,(H,23,24). The van der Waals surface area contributed by atoms with Crippen molar-refractivity contribution in [3.63, 3.8) is 0 Å². The molecule has 2 aromatic carbocycles. The maximum atomic E-state index is 13.0. The second kappa shape index (κ2) is 7.18. The molecular formula is C21H18ClN3O. The lowest BCUT2D eigenvalue weighted by Crippen LogP contribution is -2.26. The molecule has 130 valence electrons. The summed E-state index contributed by atoms with van der Waals surface area (Å²) in [6, 6.07) is 19.4. The molecule has 0 saturated heterocycles. The van der Waals surface area contributed by atoms with Crippen LogP contribution < -0.4 is 5.32 Å². The molecular weight excluding hydrogens is 346 g/mol. The second-order valence-corrected chi connectivity index (χ2v) is 6.75.